The normalized spacial score (nSPS) is 12.6. The summed E-state index contributed by atoms with van der Waals surface area (Å²) in [5, 5.41) is 0.205. The largest absolute Gasteiger partial charge is 0.294 e. The number of halogens is 2. The molecule has 0 bridgehead atoms. The molecule has 0 aromatic heterocycles. The number of ketones is 1. The van der Waals surface area contributed by atoms with E-state index in [0.29, 0.717) is 11.1 Å². The van der Waals surface area contributed by atoms with Crippen molar-refractivity contribution in [3.05, 3.63) is 34.1 Å². The van der Waals surface area contributed by atoms with Crippen LogP contribution in [0.5, 0.6) is 0 Å². The number of hydrogen-bond acceptors (Lipinski definition) is 1. The van der Waals surface area contributed by atoms with Gasteiger partial charge >= 0.3 is 0 Å². The van der Waals surface area contributed by atoms with E-state index in [4.69, 9.17) is 11.6 Å². The molecule has 0 N–H and O–H groups in total. The van der Waals surface area contributed by atoms with Gasteiger partial charge in [-0.15, -0.1) is 0 Å². The molecule has 0 radical (unpaired) electrons. The van der Waals surface area contributed by atoms with Crippen molar-refractivity contribution in [1.29, 1.82) is 0 Å². The molecule has 1 unspecified atom stereocenters. The Labute approximate surface area is 101 Å². The maximum atomic E-state index is 13.2. The number of carbonyl (C=O) groups excluding carboxylic acids is 1. The number of aryl methyl sites for hydroxylation is 1. The van der Waals surface area contributed by atoms with Gasteiger partial charge in [-0.2, -0.15) is 0 Å². The van der Waals surface area contributed by atoms with Gasteiger partial charge in [0.1, 0.15) is 5.82 Å². The van der Waals surface area contributed by atoms with E-state index in [0.717, 1.165) is 12.8 Å². The SMILES string of the molecule is CCCC(C)C(=O)c1cc(C)c(F)cc1Cl. The quantitative estimate of drug-likeness (QED) is 0.715. The van der Waals surface area contributed by atoms with Crippen LogP contribution >= 0.6 is 11.6 Å². The number of carbonyl (C=O) groups is 1. The van der Waals surface area contributed by atoms with Gasteiger partial charge in [-0.3, -0.25) is 4.79 Å². The average Bonchev–Trinajstić information content (AvgIpc) is 2.23. The van der Waals surface area contributed by atoms with E-state index in [1.807, 2.05) is 13.8 Å². The lowest BCUT2D eigenvalue weighted by atomic mass is 9.94. The van der Waals surface area contributed by atoms with Crippen molar-refractivity contribution < 1.29 is 9.18 Å². The lowest BCUT2D eigenvalue weighted by Crippen LogP contribution is -2.12. The highest BCUT2D eigenvalue weighted by atomic mass is 35.5. The Hall–Kier alpha value is -0.890. The van der Waals surface area contributed by atoms with Crippen molar-refractivity contribution in [2.24, 2.45) is 5.92 Å². The fourth-order valence-electron chi connectivity index (χ4n) is 1.68. The lowest BCUT2D eigenvalue weighted by Gasteiger charge is -2.11. The van der Waals surface area contributed by atoms with Gasteiger partial charge in [-0.25, -0.2) is 4.39 Å². The first-order valence-electron chi connectivity index (χ1n) is 5.47. The molecule has 1 aromatic carbocycles. The van der Waals surface area contributed by atoms with Gasteiger partial charge in [0.25, 0.3) is 0 Å². The highest BCUT2D eigenvalue weighted by Crippen LogP contribution is 2.24. The topological polar surface area (TPSA) is 17.1 Å². The second-order valence-corrected chi connectivity index (χ2v) is 4.54. The number of benzene rings is 1. The summed E-state index contributed by atoms with van der Waals surface area (Å²) in [6, 6.07) is 2.74. The first kappa shape index (κ1) is 13.2. The summed E-state index contributed by atoms with van der Waals surface area (Å²) in [7, 11) is 0. The molecule has 0 heterocycles. The van der Waals surface area contributed by atoms with E-state index in [1.165, 1.54) is 12.1 Å². The predicted octanol–water partition coefficient (Wildman–Crippen LogP) is 4.41. The maximum absolute atomic E-state index is 13.2. The molecule has 88 valence electrons. The van der Waals surface area contributed by atoms with Gasteiger partial charge in [0.2, 0.25) is 0 Å². The van der Waals surface area contributed by atoms with Gasteiger partial charge in [0.05, 0.1) is 5.02 Å². The summed E-state index contributed by atoms with van der Waals surface area (Å²) in [5.74, 6) is -0.438. The van der Waals surface area contributed by atoms with Crippen molar-refractivity contribution in [1.82, 2.24) is 0 Å². The summed E-state index contributed by atoms with van der Waals surface area (Å²) >= 11 is 5.88. The Bertz CT molecular complexity index is 401. The van der Waals surface area contributed by atoms with Crippen LogP contribution in [0.25, 0.3) is 0 Å². The number of hydrogen-bond donors (Lipinski definition) is 0. The maximum Gasteiger partial charge on any atom is 0.167 e. The van der Waals surface area contributed by atoms with Gasteiger partial charge in [0.15, 0.2) is 5.78 Å². The van der Waals surface area contributed by atoms with Gasteiger partial charge < -0.3 is 0 Å². The number of Topliss-reactive ketones (excluding diaryl/α,β-unsaturated/α-hetero) is 1. The van der Waals surface area contributed by atoms with Crippen LogP contribution in [0.4, 0.5) is 4.39 Å². The van der Waals surface area contributed by atoms with Crippen LogP contribution in [-0.4, -0.2) is 5.78 Å². The zero-order valence-electron chi connectivity index (χ0n) is 9.81. The molecule has 1 rings (SSSR count). The van der Waals surface area contributed by atoms with E-state index in [1.54, 1.807) is 6.92 Å². The van der Waals surface area contributed by atoms with E-state index in [9.17, 15) is 9.18 Å². The molecule has 16 heavy (non-hydrogen) atoms. The van der Waals surface area contributed by atoms with Gasteiger partial charge in [0, 0.05) is 11.5 Å². The van der Waals surface area contributed by atoms with E-state index in [-0.39, 0.29) is 22.5 Å². The molecule has 1 aromatic rings. The molecule has 0 aliphatic carbocycles. The molecule has 1 nitrogen and oxygen atoms in total. The molecule has 0 amide bonds. The van der Waals surface area contributed by atoms with E-state index >= 15 is 0 Å². The van der Waals surface area contributed by atoms with Crippen LogP contribution in [0.3, 0.4) is 0 Å². The molecule has 0 fully saturated rings. The summed E-state index contributed by atoms with van der Waals surface area (Å²) in [5.41, 5.74) is 0.887. The van der Waals surface area contributed by atoms with Crippen LogP contribution in [0, 0.1) is 18.7 Å². The van der Waals surface area contributed by atoms with Crippen LogP contribution in [0.1, 0.15) is 42.6 Å². The molecule has 0 aliphatic rings. The van der Waals surface area contributed by atoms with Crippen molar-refractivity contribution >= 4 is 17.4 Å². The van der Waals surface area contributed by atoms with Crippen LogP contribution in [0.2, 0.25) is 5.02 Å². The smallest absolute Gasteiger partial charge is 0.167 e. The van der Waals surface area contributed by atoms with E-state index < -0.39 is 0 Å². The summed E-state index contributed by atoms with van der Waals surface area (Å²) < 4.78 is 13.2. The molecule has 3 heteroatoms. The standard InChI is InChI=1S/C13H16ClFO/c1-4-5-8(2)13(16)10-6-9(3)12(15)7-11(10)14/h6-8H,4-5H2,1-3H3. The Kier molecular flexibility index (Phi) is 4.48. The minimum atomic E-state index is -0.371. The van der Waals surface area contributed by atoms with Crippen molar-refractivity contribution in [2.45, 2.75) is 33.6 Å². The van der Waals surface area contributed by atoms with Crippen LogP contribution < -0.4 is 0 Å². The molecule has 1 atom stereocenters. The highest BCUT2D eigenvalue weighted by molar-refractivity contribution is 6.34. The summed E-state index contributed by atoms with van der Waals surface area (Å²) in [4.78, 5) is 12.0. The third kappa shape index (κ3) is 2.82. The molecule has 0 saturated heterocycles. The zero-order chi connectivity index (χ0) is 12.3. The Balaban J connectivity index is 3.04. The third-order valence-corrected chi connectivity index (χ3v) is 3.00. The summed E-state index contributed by atoms with van der Waals surface area (Å²) in [6.45, 7) is 5.54. The third-order valence-electron chi connectivity index (χ3n) is 2.68. The first-order valence-corrected chi connectivity index (χ1v) is 5.85. The Morgan fingerprint density at radius 2 is 2.12 bits per heavy atom. The molecular formula is C13H16ClFO. The molecule has 0 saturated carbocycles. The second kappa shape index (κ2) is 5.44. The average molecular weight is 243 g/mol. The molecule has 0 spiro atoms. The summed E-state index contributed by atoms with van der Waals surface area (Å²) in [6.07, 6.45) is 1.77. The lowest BCUT2D eigenvalue weighted by molar-refractivity contribution is 0.0923. The molecule has 0 aliphatic heterocycles. The van der Waals surface area contributed by atoms with Crippen molar-refractivity contribution in [3.63, 3.8) is 0 Å². The first-order chi connectivity index (χ1) is 7.47. The van der Waals surface area contributed by atoms with Crippen molar-refractivity contribution in [3.8, 4) is 0 Å². The highest BCUT2D eigenvalue weighted by Gasteiger charge is 2.18. The fraction of sp³-hybridized carbons (Fsp3) is 0.462. The van der Waals surface area contributed by atoms with E-state index in [2.05, 4.69) is 0 Å². The molecular weight excluding hydrogens is 227 g/mol. The fourth-order valence-corrected chi connectivity index (χ4v) is 1.92. The Morgan fingerprint density at radius 1 is 1.50 bits per heavy atom. The van der Waals surface area contributed by atoms with Crippen molar-refractivity contribution in [2.75, 3.05) is 0 Å². The van der Waals surface area contributed by atoms with Gasteiger partial charge in [-0.1, -0.05) is 31.9 Å². The van der Waals surface area contributed by atoms with Crippen LogP contribution in [0.15, 0.2) is 12.1 Å². The predicted molar refractivity (Wildman–Crippen MR) is 64.5 cm³/mol. The zero-order valence-corrected chi connectivity index (χ0v) is 10.6. The Morgan fingerprint density at radius 3 is 2.69 bits per heavy atom. The monoisotopic (exact) mass is 242 g/mol. The minimum Gasteiger partial charge on any atom is -0.294 e. The minimum absolute atomic E-state index is 0.00468. The second-order valence-electron chi connectivity index (χ2n) is 4.14. The van der Waals surface area contributed by atoms with Crippen LogP contribution in [-0.2, 0) is 0 Å². The van der Waals surface area contributed by atoms with Gasteiger partial charge in [-0.05, 0) is 31.0 Å². The number of rotatable bonds is 4.